The molecule has 1 amide bonds. The molecule has 1 aliphatic heterocycles. The first kappa shape index (κ1) is 14.7. The van der Waals surface area contributed by atoms with Gasteiger partial charge in [0, 0.05) is 26.2 Å². The number of primary amides is 1. The Hall–Kier alpha value is -1.75. The Morgan fingerprint density at radius 3 is 2.55 bits per heavy atom. The fourth-order valence-electron chi connectivity index (χ4n) is 2.53. The number of anilines is 1. The van der Waals surface area contributed by atoms with Crippen LogP contribution < -0.4 is 15.4 Å². The van der Waals surface area contributed by atoms with E-state index in [9.17, 15) is 4.79 Å². The lowest BCUT2D eigenvalue weighted by Crippen LogP contribution is -2.53. The van der Waals surface area contributed by atoms with Crippen LogP contribution in [0.15, 0.2) is 24.3 Å². The fourth-order valence-corrected chi connectivity index (χ4v) is 2.53. The van der Waals surface area contributed by atoms with E-state index in [2.05, 4.69) is 15.9 Å². The molecule has 1 heterocycles. The normalized spacial score (nSPS) is 17.8. The van der Waals surface area contributed by atoms with Crippen molar-refractivity contribution in [2.45, 2.75) is 19.9 Å². The Balaban J connectivity index is 2.02. The van der Waals surface area contributed by atoms with Crippen LogP contribution in [-0.2, 0) is 4.79 Å². The molecule has 0 spiro atoms. The zero-order valence-corrected chi connectivity index (χ0v) is 12.2. The number of hydrogen-bond donors (Lipinski definition) is 1. The van der Waals surface area contributed by atoms with Gasteiger partial charge in [0.1, 0.15) is 5.75 Å². The van der Waals surface area contributed by atoms with Crippen LogP contribution in [0.1, 0.15) is 13.8 Å². The molecule has 0 radical (unpaired) electrons. The monoisotopic (exact) mass is 277 g/mol. The highest BCUT2D eigenvalue weighted by Gasteiger charge is 2.25. The summed E-state index contributed by atoms with van der Waals surface area (Å²) in [7, 11) is 0. The largest absolute Gasteiger partial charge is 0.492 e. The standard InChI is InChI=1S/C15H23N3O2/c1-3-20-14-7-5-4-6-13(14)18-10-8-17(9-11-18)12(2)15(16)19/h4-7,12H,3,8-11H2,1-2H3,(H2,16,19)/t12-/m1/s1. The van der Waals surface area contributed by atoms with Crippen molar-refractivity contribution in [1.82, 2.24) is 4.90 Å². The van der Waals surface area contributed by atoms with E-state index in [1.807, 2.05) is 32.0 Å². The van der Waals surface area contributed by atoms with Gasteiger partial charge in [-0.15, -0.1) is 0 Å². The van der Waals surface area contributed by atoms with E-state index in [1.165, 1.54) is 0 Å². The van der Waals surface area contributed by atoms with Crippen LogP contribution in [0.5, 0.6) is 5.75 Å². The fraction of sp³-hybridized carbons (Fsp3) is 0.533. The Labute approximate surface area is 120 Å². The van der Waals surface area contributed by atoms with Crippen LogP contribution in [0.3, 0.4) is 0 Å². The van der Waals surface area contributed by atoms with Gasteiger partial charge in [0.15, 0.2) is 0 Å². The topological polar surface area (TPSA) is 58.8 Å². The summed E-state index contributed by atoms with van der Waals surface area (Å²) >= 11 is 0. The number of piperazine rings is 1. The van der Waals surface area contributed by atoms with Crippen molar-refractivity contribution in [1.29, 1.82) is 0 Å². The molecule has 1 fully saturated rings. The molecule has 1 aromatic rings. The molecule has 20 heavy (non-hydrogen) atoms. The average Bonchev–Trinajstić information content (AvgIpc) is 2.47. The van der Waals surface area contributed by atoms with Crippen molar-refractivity contribution < 1.29 is 9.53 Å². The van der Waals surface area contributed by atoms with Crippen molar-refractivity contribution in [3.63, 3.8) is 0 Å². The van der Waals surface area contributed by atoms with E-state index < -0.39 is 0 Å². The maximum atomic E-state index is 11.2. The summed E-state index contributed by atoms with van der Waals surface area (Å²) in [5.74, 6) is 0.666. The molecule has 5 nitrogen and oxygen atoms in total. The second-order valence-electron chi connectivity index (χ2n) is 5.00. The number of carbonyl (C=O) groups excluding carboxylic acids is 1. The summed E-state index contributed by atoms with van der Waals surface area (Å²) in [5, 5.41) is 0. The third-order valence-corrected chi connectivity index (χ3v) is 3.78. The van der Waals surface area contributed by atoms with E-state index >= 15 is 0 Å². The summed E-state index contributed by atoms with van der Waals surface area (Å²) in [6.07, 6.45) is 0. The van der Waals surface area contributed by atoms with E-state index in [4.69, 9.17) is 10.5 Å². The summed E-state index contributed by atoms with van der Waals surface area (Å²) in [4.78, 5) is 15.7. The Morgan fingerprint density at radius 2 is 1.95 bits per heavy atom. The summed E-state index contributed by atoms with van der Waals surface area (Å²) < 4.78 is 5.67. The Bertz CT molecular complexity index is 456. The molecule has 1 aliphatic rings. The first-order valence-corrected chi connectivity index (χ1v) is 7.13. The number of ether oxygens (including phenoxy) is 1. The Morgan fingerprint density at radius 1 is 1.30 bits per heavy atom. The molecular weight excluding hydrogens is 254 g/mol. The van der Waals surface area contributed by atoms with E-state index in [-0.39, 0.29) is 11.9 Å². The highest BCUT2D eigenvalue weighted by molar-refractivity contribution is 5.79. The van der Waals surface area contributed by atoms with Crippen LogP contribution in [0.25, 0.3) is 0 Å². The lowest BCUT2D eigenvalue weighted by Gasteiger charge is -2.38. The lowest BCUT2D eigenvalue weighted by atomic mass is 10.2. The second kappa shape index (κ2) is 6.61. The van der Waals surface area contributed by atoms with Crippen molar-refractivity contribution in [3.8, 4) is 5.75 Å². The van der Waals surface area contributed by atoms with Crippen LogP contribution in [0.2, 0.25) is 0 Å². The zero-order chi connectivity index (χ0) is 14.5. The molecule has 5 heteroatoms. The van der Waals surface area contributed by atoms with Gasteiger partial charge >= 0.3 is 0 Å². The molecule has 1 atom stereocenters. The minimum absolute atomic E-state index is 0.195. The molecule has 0 aliphatic carbocycles. The van der Waals surface area contributed by atoms with Gasteiger partial charge in [-0.2, -0.15) is 0 Å². The second-order valence-corrected chi connectivity index (χ2v) is 5.00. The number of rotatable bonds is 5. The van der Waals surface area contributed by atoms with Crippen molar-refractivity contribution >= 4 is 11.6 Å². The van der Waals surface area contributed by atoms with Crippen LogP contribution in [-0.4, -0.2) is 49.6 Å². The molecule has 110 valence electrons. The number of hydrogen-bond acceptors (Lipinski definition) is 4. The average molecular weight is 277 g/mol. The molecule has 1 saturated heterocycles. The predicted octanol–water partition coefficient (Wildman–Crippen LogP) is 1.08. The van der Waals surface area contributed by atoms with Gasteiger partial charge in [0.25, 0.3) is 0 Å². The summed E-state index contributed by atoms with van der Waals surface area (Å²) in [6, 6.07) is 7.89. The van der Waals surface area contributed by atoms with Gasteiger partial charge in [-0.3, -0.25) is 9.69 Å². The van der Waals surface area contributed by atoms with Gasteiger partial charge in [-0.05, 0) is 26.0 Å². The molecule has 0 saturated carbocycles. The van der Waals surface area contributed by atoms with Crippen LogP contribution in [0, 0.1) is 0 Å². The zero-order valence-electron chi connectivity index (χ0n) is 12.2. The maximum absolute atomic E-state index is 11.2. The van der Waals surface area contributed by atoms with Crippen molar-refractivity contribution in [2.75, 3.05) is 37.7 Å². The van der Waals surface area contributed by atoms with Gasteiger partial charge in [-0.25, -0.2) is 0 Å². The van der Waals surface area contributed by atoms with Crippen LogP contribution in [0.4, 0.5) is 5.69 Å². The number of benzene rings is 1. The predicted molar refractivity (Wildman–Crippen MR) is 80.1 cm³/mol. The summed E-state index contributed by atoms with van der Waals surface area (Å²) in [6.45, 7) is 7.95. The quantitative estimate of drug-likeness (QED) is 0.875. The van der Waals surface area contributed by atoms with Crippen molar-refractivity contribution in [3.05, 3.63) is 24.3 Å². The van der Waals surface area contributed by atoms with E-state index in [1.54, 1.807) is 0 Å². The first-order chi connectivity index (χ1) is 9.63. The minimum atomic E-state index is -0.256. The number of para-hydroxylation sites is 2. The molecule has 2 rings (SSSR count). The third-order valence-electron chi connectivity index (χ3n) is 3.78. The highest BCUT2D eigenvalue weighted by Crippen LogP contribution is 2.28. The van der Waals surface area contributed by atoms with E-state index in [0.717, 1.165) is 37.6 Å². The van der Waals surface area contributed by atoms with Gasteiger partial charge in [0.05, 0.1) is 18.3 Å². The molecule has 1 aromatic carbocycles. The molecule has 0 bridgehead atoms. The Kier molecular flexibility index (Phi) is 4.84. The highest BCUT2D eigenvalue weighted by atomic mass is 16.5. The molecular formula is C15H23N3O2. The lowest BCUT2D eigenvalue weighted by molar-refractivity contribution is -0.122. The molecule has 0 aromatic heterocycles. The van der Waals surface area contributed by atoms with Gasteiger partial charge in [-0.1, -0.05) is 12.1 Å². The minimum Gasteiger partial charge on any atom is -0.492 e. The summed E-state index contributed by atoms with van der Waals surface area (Å²) in [5.41, 5.74) is 6.49. The van der Waals surface area contributed by atoms with Gasteiger partial charge < -0.3 is 15.4 Å². The number of carbonyl (C=O) groups is 1. The number of nitrogens with two attached hydrogens (primary N) is 1. The number of amides is 1. The molecule has 2 N–H and O–H groups in total. The molecule has 0 unspecified atom stereocenters. The van der Waals surface area contributed by atoms with Gasteiger partial charge in [0.2, 0.25) is 5.91 Å². The van der Waals surface area contributed by atoms with Crippen LogP contribution >= 0.6 is 0 Å². The third kappa shape index (κ3) is 3.22. The number of nitrogens with zero attached hydrogens (tertiary/aromatic N) is 2. The van der Waals surface area contributed by atoms with E-state index in [0.29, 0.717) is 6.61 Å². The van der Waals surface area contributed by atoms with Crippen molar-refractivity contribution in [2.24, 2.45) is 5.73 Å². The maximum Gasteiger partial charge on any atom is 0.234 e. The smallest absolute Gasteiger partial charge is 0.234 e. The first-order valence-electron chi connectivity index (χ1n) is 7.13. The SMILES string of the molecule is CCOc1ccccc1N1CCN([C@H](C)C(N)=O)CC1.